The number of nitrogens with zero attached hydrogens (tertiary/aromatic N) is 3. The minimum atomic E-state index is 0.463. The normalized spacial score (nSPS) is 14.4. The van der Waals surface area contributed by atoms with Crippen LogP contribution in [-0.4, -0.2) is 14.8 Å². The number of benzene rings is 1. The van der Waals surface area contributed by atoms with Crippen molar-refractivity contribution in [2.45, 2.75) is 18.8 Å². The summed E-state index contributed by atoms with van der Waals surface area (Å²) >= 11 is 11.5. The summed E-state index contributed by atoms with van der Waals surface area (Å²) < 4.78 is 2.39. The molecule has 0 radical (unpaired) electrons. The molecule has 1 aromatic carbocycles. The van der Waals surface area contributed by atoms with Gasteiger partial charge in [0.1, 0.15) is 5.82 Å². The summed E-state index contributed by atoms with van der Waals surface area (Å²) in [6.45, 7) is 0. The molecule has 1 heterocycles. The maximum Gasteiger partial charge on any atom is 0.199 e. The lowest BCUT2D eigenvalue weighted by Crippen LogP contribution is -2.01. The van der Waals surface area contributed by atoms with Crippen molar-refractivity contribution >= 4 is 23.8 Å². The highest BCUT2D eigenvalue weighted by Crippen LogP contribution is 2.40. The summed E-state index contributed by atoms with van der Waals surface area (Å²) in [6.07, 6.45) is 2.26. The average Bonchev–Trinajstić information content (AvgIpc) is 3.14. The number of aromatic amines is 1. The molecular weight excluding hydrogens is 268 g/mol. The fourth-order valence-corrected chi connectivity index (χ4v) is 2.42. The van der Waals surface area contributed by atoms with Crippen LogP contribution in [-0.2, 0) is 0 Å². The van der Waals surface area contributed by atoms with Gasteiger partial charge in [0.15, 0.2) is 4.77 Å². The maximum absolute atomic E-state index is 8.84. The zero-order valence-electron chi connectivity index (χ0n) is 9.35. The molecule has 3 rings (SSSR count). The molecule has 1 N–H and O–H groups in total. The van der Waals surface area contributed by atoms with Crippen LogP contribution >= 0.6 is 23.8 Å². The fourth-order valence-electron chi connectivity index (χ4n) is 1.92. The summed E-state index contributed by atoms with van der Waals surface area (Å²) in [5.74, 6) is 1.39. The van der Waals surface area contributed by atoms with Crippen LogP contribution < -0.4 is 0 Å². The van der Waals surface area contributed by atoms with E-state index in [0.717, 1.165) is 24.4 Å². The first-order valence-electron chi connectivity index (χ1n) is 5.58. The van der Waals surface area contributed by atoms with Crippen LogP contribution in [0.3, 0.4) is 0 Å². The van der Waals surface area contributed by atoms with E-state index in [4.69, 9.17) is 29.1 Å². The molecule has 0 spiro atoms. The quantitative estimate of drug-likeness (QED) is 0.856. The largest absolute Gasteiger partial charge is 0.270 e. The van der Waals surface area contributed by atoms with E-state index < -0.39 is 0 Å². The van der Waals surface area contributed by atoms with Gasteiger partial charge in [0, 0.05) is 5.92 Å². The Hall–Kier alpha value is -1.64. The third-order valence-electron chi connectivity index (χ3n) is 2.96. The average molecular weight is 277 g/mol. The van der Waals surface area contributed by atoms with Gasteiger partial charge in [0.2, 0.25) is 0 Å². The van der Waals surface area contributed by atoms with Crippen molar-refractivity contribution in [2.75, 3.05) is 0 Å². The third kappa shape index (κ3) is 1.84. The summed E-state index contributed by atoms with van der Waals surface area (Å²) in [7, 11) is 0. The number of nitriles is 1. The van der Waals surface area contributed by atoms with Crippen LogP contribution in [0.5, 0.6) is 0 Å². The summed E-state index contributed by atoms with van der Waals surface area (Å²) in [4.78, 5) is 0. The van der Waals surface area contributed by atoms with E-state index in [-0.39, 0.29) is 0 Å². The molecule has 0 bridgehead atoms. The number of rotatable bonds is 2. The van der Waals surface area contributed by atoms with Crippen molar-refractivity contribution in [3.05, 3.63) is 39.4 Å². The van der Waals surface area contributed by atoms with E-state index in [1.807, 2.05) is 4.57 Å². The smallest absolute Gasteiger partial charge is 0.199 e. The first kappa shape index (κ1) is 11.5. The predicted molar refractivity (Wildman–Crippen MR) is 70.4 cm³/mol. The number of hydrogen-bond donors (Lipinski definition) is 1. The minimum Gasteiger partial charge on any atom is -0.270 e. The maximum atomic E-state index is 8.84. The van der Waals surface area contributed by atoms with Crippen LogP contribution in [0.25, 0.3) is 5.69 Å². The molecule has 90 valence electrons. The summed E-state index contributed by atoms with van der Waals surface area (Å²) in [5, 5.41) is 16.4. The molecule has 0 saturated heterocycles. The summed E-state index contributed by atoms with van der Waals surface area (Å²) in [6, 6.07) is 7.24. The van der Waals surface area contributed by atoms with Crippen LogP contribution in [0.15, 0.2) is 18.2 Å². The van der Waals surface area contributed by atoms with Gasteiger partial charge < -0.3 is 0 Å². The van der Waals surface area contributed by atoms with Gasteiger partial charge in [-0.05, 0) is 43.3 Å². The lowest BCUT2D eigenvalue weighted by Gasteiger charge is -2.08. The monoisotopic (exact) mass is 276 g/mol. The second-order valence-electron chi connectivity index (χ2n) is 4.27. The van der Waals surface area contributed by atoms with Crippen molar-refractivity contribution in [3.63, 3.8) is 0 Å². The topological polar surface area (TPSA) is 57.4 Å². The van der Waals surface area contributed by atoms with Crippen LogP contribution in [0.2, 0.25) is 5.02 Å². The highest BCUT2D eigenvalue weighted by atomic mass is 35.5. The van der Waals surface area contributed by atoms with Crippen molar-refractivity contribution < 1.29 is 0 Å². The first-order chi connectivity index (χ1) is 8.70. The second kappa shape index (κ2) is 4.23. The summed E-state index contributed by atoms with van der Waals surface area (Å²) in [5.41, 5.74) is 1.31. The van der Waals surface area contributed by atoms with E-state index in [2.05, 4.69) is 16.3 Å². The van der Waals surface area contributed by atoms with Gasteiger partial charge in [-0.25, -0.2) is 0 Å². The molecule has 6 heteroatoms. The predicted octanol–water partition coefficient (Wildman–Crippen LogP) is 3.33. The molecule has 1 aliphatic rings. The Kier molecular flexibility index (Phi) is 2.69. The Morgan fingerprint density at radius 2 is 2.28 bits per heavy atom. The Bertz CT molecular complexity index is 706. The molecule has 2 aromatic rings. The van der Waals surface area contributed by atoms with Crippen LogP contribution in [0, 0.1) is 16.1 Å². The van der Waals surface area contributed by atoms with Gasteiger partial charge >= 0.3 is 0 Å². The van der Waals surface area contributed by atoms with Crippen molar-refractivity contribution in [1.29, 1.82) is 5.26 Å². The fraction of sp³-hybridized carbons (Fsp3) is 0.250. The van der Waals surface area contributed by atoms with E-state index in [1.165, 1.54) is 0 Å². The molecule has 0 aliphatic heterocycles. The SMILES string of the molecule is N#Cc1ccc(-n2c(C3CC3)n[nH]c2=S)c(Cl)c1. The molecular formula is C12H9ClN4S. The molecule has 1 aromatic heterocycles. The van der Waals surface area contributed by atoms with Gasteiger partial charge in [-0.1, -0.05) is 11.6 Å². The van der Waals surface area contributed by atoms with Gasteiger partial charge in [-0.2, -0.15) is 10.4 Å². The van der Waals surface area contributed by atoms with Crippen molar-refractivity contribution in [3.8, 4) is 11.8 Å². The second-order valence-corrected chi connectivity index (χ2v) is 5.07. The highest BCUT2D eigenvalue weighted by Gasteiger charge is 2.29. The lowest BCUT2D eigenvalue weighted by molar-refractivity contribution is 0.869. The standard InChI is InChI=1S/C12H9ClN4S/c13-9-5-7(6-14)1-4-10(9)17-11(8-2-3-8)15-16-12(17)18/h1,4-5,8H,2-3H2,(H,16,18). The van der Waals surface area contributed by atoms with E-state index in [9.17, 15) is 0 Å². The Morgan fingerprint density at radius 3 is 2.89 bits per heavy atom. The highest BCUT2D eigenvalue weighted by molar-refractivity contribution is 7.71. The number of nitrogens with one attached hydrogen (secondary N) is 1. The van der Waals surface area contributed by atoms with E-state index in [0.29, 0.717) is 21.3 Å². The van der Waals surface area contributed by atoms with Crippen molar-refractivity contribution in [1.82, 2.24) is 14.8 Å². The Balaban J connectivity index is 2.18. The van der Waals surface area contributed by atoms with Crippen molar-refractivity contribution in [2.24, 2.45) is 0 Å². The number of H-pyrrole nitrogens is 1. The first-order valence-corrected chi connectivity index (χ1v) is 6.36. The van der Waals surface area contributed by atoms with Gasteiger partial charge in [-0.15, -0.1) is 0 Å². The number of aromatic nitrogens is 3. The zero-order chi connectivity index (χ0) is 12.7. The molecule has 1 aliphatic carbocycles. The minimum absolute atomic E-state index is 0.463. The molecule has 1 saturated carbocycles. The zero-order valence-corrected chi connectivity index (χ0v) is 10.9. The Morgan fingerprint density at radius 1 is 1.50 bits per heavy atom. The number of hydrogen-bond acceptors (Lipinski definition) is 3. The lowest BCUT2D eigenvalue weighted by atomic mass is 10.2. The molecule has 18 heavy (non-hydrogen) atoms. The molecule has 4 nitrogen and oxygen atoms in total. The van der Waals surface area contributed by atoms with Gasteiger partial charge in [0.05, 0.1) is 22.3 Å². The third-order valence-corrected chi connectivity index (χ3v) is 3.54. The van der Waals surface area contributed by atoms with Gasteiger partial charge in [-0.3, -0.25) is 9.67 Å². The molecule has 0 atom stereocenters. The van der Waals surface area contributed by atoms with Crippen LogP contribution in [0.1, 0.15) is 30.1 Å². The van der Waals surface area contributed by atoms with E-state index >= 15 is 0 Å². The molecule has 0 amide bonds. The molecule has 0 unspecified atom stereocenters. The molecule has 1 fully saturated rings. The van der Waals surface area contributed by atoms with Crippen LogP contribution in [0.4, 0.5) is 0 Å². The Labute approximate surface area is 114 Å². The van der Waals surface area contributed by atoms with Gasteiger partial charge in [0.25, 0.3) is 0 Å². The van der Waals surface area contributed by atoms with E-state index in [1.54, 1.807) is 18.2 Å². The number of halogens is 1.